The molecule has 2 saturated carbocycles. The molecule has 200 valence electrons. The number of sulfonamides is 2. The first-order chi connectivity index (χ1) is 16.8. The third-order valence-corrected chi connectivity index (χ3v) is 10.8. The third-order valence-electron chi connectivity index (χ3n) is 4.83. The highest BCUT2D eigenvalue weighted by Crippen LogP contribution is 2.41. The molecule has 5 N–H and O–H groups in total. The van der Waals surface area contributed by atoms with E-state index in [1.54, 1.807) is 22.9 Å². The minimum Gasteiger partial charge on any atom is -0.384 e. The van der Waals surface area contributed by atoms with E-state index in [1.807, 2.05) is 5.38 Å². The van der Waals surface area contributed by atoms with Gasteiger partial charge in [-0.25, -0.2) is 42.1 Å². The van der Waals surface area contributed by atoms with Crippen LogP contribution in [0.5, 0.6) is 0 Å². The second-order valence-corrected chi connectivity index (χ2v) is 15.2. The van der Waals surface area contributed by atoms with E-state index in [1.165, 1.54) is 12.4 Å². The summed E-state index contributed by atoms with van der Waals surface area (Å²) in [6.45, 7) is 0. The summed E-state index contributed by atoms with van der Waals surface area (Å²) in [4.78, 5) is 21.9. The number of rotatable bonds is 3. The maximum absolute atomic E-state index is 11.0. The topological polar surface area (TPSA) is 196 Å². The van der Waals surface area contributed by atoms with Crippen LogP contribution in [-0.2, 0) is 30.4 Å². The second kappa shape index (κ2) is 14.1. The minimum atomic E-state index is -3.74. The molecule has 3 heterocycles. The Kier molecular flexibility index (Phi) is 12.2. The lowest BCUT2D eigenvalue weighted by Crippen LogP contribution is -2.19. The number of nitrogens with zero attached hydrogens (tertiary/aromatic N) is 3. The molecule has 0 aromatic carbocycles. The van der Waals surface area contributed by atoms with Gasteiger partial charge in [-0.15, -0.1) is 34.0 Å². The number of carbonyl (C=O) groups excluding carboxylic acids is 1. The van der Waals surface area contributed by atoms with Gasteiger partial charge in [0.15, 0.2) is 3.92 Å². The molecule has 0 spiro atoms. The van der Waals surface area contributed by atoms with Gasteiger partial charge in [-0.05, 0) is 41.6 Å². The Labute approximate surface area is 230 Å². The van der Waals surface area contributed by atoms with Crippen LogP contribution in [0.4, 0.5) is 0 Å². The van der Waals surface area contributed by atoms with Gasteiger partial charge in [-0.2, -0.15) is 0 Å². The van der Waals surface area contributed by atoms with Crippen LogP contribution in [0.25, 0.3) is 0 Å². The van der Waals surface area contributed by atoms with Crippen molar-refractivity contribution >= 4 is 75.8 Å². The number of hydrogen-bond donors (Lipinski definition) is 3. The van der Waals surface area contributed by atoms with E-state index in [2.05, 4.69) is 30.9 Å². The molecule has 2 aliphatic carbocycles. The number of aromatic nitrogens is 3. The standard InChI is InChI=1S/C8H12N2O3S2.C5H8O.C3H2BrNS.C3H4N2O2S2/c9-15(12,13)7-10-5-6(14-7)8(11)3-1-2-4-8;6-5-3-1-2-4-5;4-3-5-1-2-6-3;4-9(6,7)3-5-1-2-8-3/h5,11H,1-4H2,(H2,9,12,13);1-4H2;1-2H;1-2H,(H2,4,6,7). The summed E-state index contributed by atoms with van der Waals surface area (Å²) < 4.78 is 43.6. The van der Waals surface area contributed by atoms with Crippen LogP contribution < -0.4 is 10.3 Å². The number of halogens is 1. The summed E-state index contributed by atoms with van der Waals surface area (Å²) in [5.41, 5.74) is -0.888. The summed E-state index contributed by atoms with van der Waals surface area (Å²) in [6.07, 6.45) is 11.8. The number of primary sulfonamides is 2. The predicted molar refractivity (Wildman–Crippen MR) is 143 cm³/mol. The van der Waals surface area contributed by atoms with Crippen LogP contribution >= 0.6 is 49.9 Å². The van der Waals surface area contributed by atoms with E-state index in [4.69, 9.17) is 10.3 Å². The van der Waals surface area contributed by atoms with Crippen LogP contribution in [0.1, 0.15) is 56.2 Å². The summed E-state index contributed by atoms with van der Waals surface area (Å²) >= 11 is 6.74. The third kappa shape index (κ3) is 10.7. The van der Waals surface area contributed by atoms with Crippen LogP contribution in [0, 0.1) is 0 Å². The molecule has 0 amide bonds. The molecular weight excluding hydrogens is 634 g/mol. The highest BCUT2D eigenvalue weighted by molar-refractivity contribution is 9.11. The lowest BCUT2D eigenvalue weighted by molar-refractivity contribution is -0.117. The van der Waals surface area contributed by atoms with Crippen molar-refractivity contribution in [3.05, 3.63) is 38.1 Å². The molecule has 5 rings (SSSR count). The summed E-state index contributed by atoms with van der Waals surface area (Å²) in [7, 11) is -7.29. The van der Waals surface area contributed by atoms with Gasteiger partial charge in [0.2, 0.25) is 8.68 Å². The maximum atomic E-state index is 11.0. The average molecular weight is 661 g/mol. The summed E-state index contributed by atoms with van der Waals surface area (Å²) in [6, 6.07) is 0. The van der Waals surface area contributed by atoms with E-state index >= 15 is 0 Å². The van der Waals surface area contributed by atoms with E-state index in [9.17, 15) is 26.7 Å². The van der Waals surface area contributed by atoms with Crippen molar-refractivity contribution in [1.29, 1.82) is 0 Å². The Hall–Kier alpha value is -1.18. The van der Waals surface area contributed by atoms with Gasteiger partial charge in [0, 0.05) is 42.2 Å². The minimum absolute atomic E-state index is 0.0394. The van der Waals surface area contributed by atoms with E-state index in [0.29, 0.717) is 23.5 Å². The number of carbonyl (C=O) groups is 1. The first-order valence-corrected chi connectivity index (χ1v) is 17.0. The van der Waals surface area contributed by atoms with Gasteiger partial charge in [-0.3, -0.25) is 4.79 Å². The van der Waals surface area contributed by atoms with E-state index in [-0.39, 0.29) is 8.68 Å². The molecule has 0 bridgehead atoms. The fourth-order valence-electron chi connectivity index (χ4n) is 3.14. The molecule has 11 nitrogen and oxygen atoms in total. The zero-order valence-corrected chi connectivity index (χ0v) is 24.6. The Morgan fingerprint density at radius 3 is 1.72 bits per heavy atom. The molecule has 3 aromatic rings. The fraction of sp³-hybridized carbons (Fsp3) is 0.474. The van der Waals surface area contributed by atoms with Gasteiger partial charge >= 0.3 is 0 Å². The molecule has 2 fully saturated rings. The van der Waals surface area contributed by atoms with Crippen molar-refractivity contribution in [2.75, 3.05) is 0 Å². The lowest BCUT2D eigenvalue weighted by Gasteiger charge is -2.18. The second-order valence-electron chi connectivity index (χ2n) is 7.65. The monoisotopic (exact) mass is 659 g/mol. The molecule has 2 aliphatic rings. The first-order valence-electron chi connectivity index (χ1n) is 10.5. The molecule has 36 heavy (non-hydrogen) atoms. The predicted octanol–water partition coefficient (Wildman–Crippen LogP) is 3.38. The molecule has 0 unspecified atom stereocenters. The van der Waals surface area contributed by atoms with Gasteiger partial charge in [0.1, 0.15) is 11.4 Å². The summed E-state index contributed by atoms with van der Waals surface area (Å²) in [5, 5.41) is 23.3. The van der Waals surface area contributed by atoms with Crippen LogP contribution in [0.15, 0.2) is 41.9 Å². The van der Waals surface area contributed by atoms with Crippen molar-refractivity contribution in [3.8, 4) is 0 Å². The first kappa shape index (κ1) is 31.0. The number of thiazole rings is 3. The number of aliphatic hydroxyl groups is 1. The van der Waals surface area contributed by atoms with Gasteiger partial charge < -0.3 is 5.11 Å². The Morgan fingerprint density at radius 1 is 0.861 bits per heavy atom. The van der Waals surface area contributed by atoms with Gasteiger partial charge in [0.25, 0.3) is 20.0 Å². The van der Waals surface area contributed by atoms with Gasteiger partial charge in [-0.1, -0.05) is 12.8 Å². The van der Waals surface area contributed by atoms with Crippen LogP contribution in [-0.4, -0.2) is 42.7 Å². The molecule has 3 aromatic heterocycles. The van der Waals surface area contributed by atoms with Crippen molar-refractivity contribution in [2.45, 2.75) is 65.6 Å². The SMILES string of the molecule is Brc1nccs1.NS(=O)(=O)c1ncc(C2(O)CCCC2)s1.NS(=O)(=O)c1nccs1.O=C1CCCC1. The number of nitrogens with two attached hydrogens (primary N) is 2. The molecule has 0 saturated heterocycles. The zero-order chi connectivity index (χ0) is 26.8. The average Bonchev–Trinajstić information content (AvgIpc) is 3.59. The highest BCUT2D eigenvalue weighted by Gasteiger charge is 2.35. The van der Waals surface area contributed by atoms with E-state index in [0.717, 1.165) is 65.1 Å². The van der Waals surface area contributed by atoms with Crippen molar-refractivity contribution in [1.82, 2.24) is 15.0 Å². The van der Waals surface area contributed by atoms with E-state index < -0.39 is 25.6 Å². The van der Waals surface area contributed by atoms with Crippen molar-refractivity contribution in [2.24, 2.45) is 10.3 Å². The molecule has 17 heteroatoms. The smallest absolute Gasteiger partial charge is 0.265 e. The fourth-order valence-corrected chi connectivity index (χ4v) is 6.93. The number of Topliss-reactive ketones (excluding diaryl/α,β-unsaturated/α-hetero) is 1. The lowest BCUT2D eigenvalue weighted by atomic mass is 10.0. The maximum Gasteiger partial charge on any atom is 0.265 e. The van der Waals surface area contributed by atoms with Crippen molar-refractivity contribution in [3.63, 3.8) is 0 Å². The van der Waals surface area contributed by atoms with Crippen LogP contribution in [0.2, 0.25) is 0 Å². The largest absolute Gasteiger partial charge is 0.384 e. The molecular formula is C19H26BrN5O6S5. The number of ketones is 1. The zero-order valence-electron chi connectivity index (χ0n) is 18.9. The van der Waals surface area contributed by atoms with Gasteiger partial charge in [0.05, 0.1) is 4.88 Å². The molecule has 0 aliphatic heterocycles. The van der Waals surface area contributed by atoms with Crippen molar-refractivity contribution < 1.29 is 26.7 Å². The number of hydrogen-bond acceptors (Lipinski definition) is 12. The Bertz CT molecular complexity index is 1280. The molecule has 0 radical (unpaired) electrons. The Morgan fingerprint density at radius 2 is 1.42 bits per heavy atom. The quantitative estimate of drug-likeness (QED) is 0.377. The Balaban J connectivity index is 0.000000184. The highest BCUT2D eigenvalue weighted by atomic mass is 79.9. The normalized spacial score (nSPS) is 16.7. The van der Waals surface area contributed by atoms with Crippen LogP contribution in [0.3, 0.4) is 0 Å². The molecule has 0 atom stereocenters. The summed E-state index contributed by atoms with van der Waals surface area (Å²) in [5.74, 6) is 0.454.